The van der Waals surface area contributed by atoms with Crippen LogP contribution in [0.25, 0.3) is 0 Å². The average molecular weight is 336 g/mol. The Bertz CT molecular complexity index is 848. The van der Waals surface area contributed by atoms with Crippen LogP contribution in [0.1, 0.15) is 32.3 Å². The zero-order chi connectivity index (χ0) is 17.5. The van der Waals surface area contributed by atoms with Crippen molar-refractivity contribution in [3.05, 3.63) is 83.8 Å². The van der Waals surface area contributed by atoms with E-state index in [0.29, 0.717) is 12.3 Å². The van der Waals surface area contributed by atoms with E-state index >= 15 is 0 Å². The molecule has 2 amide bonds. The van der Waals surface area contributed by atoms with Crippen LogP contribution in [0, 0.1) is 0 Å². The molecular weight excluding hydrogens is 320 g/mol. The first-order chi connectivity index (χ1) is 12.2. The van der Waals surface area contributed by atoms with Gasteiger partial charge < -0.3 is 15.1 Å². The largest absolute Gasteiger partial charge is 0.467 e. The maximum Gasteiger partial charge on any atom is 0.270 e. The van der Waals surface area contributed by atoms with Crippen molar-refractivity contribution < 1.29 is 14.0 Å². The van der Waals surface area contributed by atoms with Crippen molar-refractivity contribution >= 4 is 11.8 Å². The maximum atomic E-state index is 12.2. The summed E-state index contributed by atoms with van der Waals surface area (Å²) < 4.78 is 5.15. The molecule has 0 saturated carbocycles. The number of hydrogen-bond acceptors (Lipinski definition) is 5. The van der Waals surface area contributed by atoms with Gasteiger partial charge in [0.1, 0.15) is 17.1 Å². The number of amides is 2. The smallest absolute Gasteiger partial charge is 0.270 e. The lowest BCUT2D eigenvalue weighted by Crippen LogP contribution is -2.27. The second kappa shape index (κ2) is 7.87. The van der Waals surface area contributed by atoms with Crippen molar-refractivity contribution in [2.24, 2.45) is 0 Å². The minimum Gasteiger partial charge on any atom is -0.467 e. The molecule has 0 saturated heterocycles. The van der Waals surface area contributed by atoms with E-state index in [-0.39, 0.29) is 29.7 Å². The first kappa shape index (κ1) is 16.4. The second-order valence-corrected chi connectivity index (χ2v) is 5.21. The van der Waals surface area contributed by atoms with Gasteiger partial charge in [0, 0.05) is 18.9 Å². The number of carbonyl (C=O) groups excluding carboxylic acids is 2. The molecule has 2 N–H and O–H groups in total. The number of pyridine rings is 2. The molecule has 3 aromatic rings. The molecule has 3 heterocycles. The first-order valence-electron chi connectivity index (χ1n) is 7.67. The Morgan fingerprint density at radius 2 is 1.56 bits per heavy atom. The normalized spacial score (nSPS) is 10.2. The summed E-state index contributed by atoms with van der Waals surface area (Å²) in [4.78, 5) is 32.4. The number of rotatable bonds is 6. The minimum absolute atomic E-state index is 0.170. The van der Waals surface area contributed by atoms with Gasteiger partial charge in [0.25, 0.3) is 11.8 Å². The Balaban J connectivity index is 1.60. The van der Waals surface area contributed by atoms with Crippen LogP contribution in [0.15, 0.2) is 65.5 Å². The fourth-order valence-corrected chi connectivity index (χ4v) is 2.13. The van der Waals surface area contributed by atoms with Gasteiger partial charge in [0.05, 0.1) is 12.8 Å². The number of furan rings is 1. The van der Waals surface area contributed by atoms with E-state index in [1.807, 2.05) is 12.1 Å². The summed E-state index contributed by atoms with van der Waals surface area (Å²) in [5.74, 6) is -0.0859. The lowest BCUT2D eigenvalue weighted by molar-refractivity contribution is 0.0939. The quantitative estimate of drug-likeness (QED) is 0.717. The molecule has 0 aliphatic carbocycles. The third-order valence-electron chi connectivity index (χ3n) is 3.42. The van der Waals surface area contributed by atoms with Gasteiger partial charge in [-0.1, -0.05) is 6.07 Å². The maximum absolute atomic E-state index is 12.2. The van der Waals surface area contributed by atoms with E-state index in [1.54, 1.807) is 42.7 Å². The SMILES string of the molecule is O=C(NCc1ccncc1)c1cccc(C(=O)NCc2ccco2)n1. The van der Waals surface area contributed by atoms with Gasteiger partial charge >= 0.3 is 0 Å². The molecule has 7 heteroatoms. The van der Waals surface area contributed by atoms with E-state index in [1.165, 1.54) is 6.26 Å². The van der Waals surface area contributed by atoms with Crippen molar-refractivity contribution in [3.63, 3.8) is 0 Å². The van der Waals surface area contributed by atoms with Crippen LogP contribution < -0.4 is 10.6 Å². The van der Waals surface area contributed by atoms with Gasteiger partial charge in [-0.2, -0.15) is 0 Å². The fourth-order valence-electron chi connectivity index (χ4n) is 2.13. The van der Waals surface area contributed by atoms with Gasteiger partial charge in [-0.25, -0.2) is 4.98 Å². The number of aromatic nitrogens is 2. The fraction of sp³-hybridized carbons (Fsp3) is 0.111. The Kier molecular flexibility index (Phi) is 5.16. The summed E-state index contributed by atoms with van der Waals surface area (Å²) in [5, 5.41) is 5.45. The van der Waals surface area contributed by atoms with Gasteiger partial charge in [-0.05, 0) is 42.0 Å². The predicted octanol–water partition coefficient (Wildman–Crippen LogP) is 1.93. The third-order valence-corrected chi connectivity index (χ3v) is 3.42. The third kappa shape index (κ3) is 4.51. The molecule has 0 fully saturated rings. The number of nitrogens with zero attached hydrogens (tertiary/aromatic N) is 2. The molecule has 0 aliphatic heterocycles. The topological polar surface area (TPSA) is 97.1 Å². The highest BCUT2D eigenvalue weighted by Crippen LogP contribution is 2.03. The highest BCUT2D eigenvalue weighted by molar-refractivity contribution is 5.96. The van der Waals surface area contributed by atoms with Crippen LogP contribution >= 0.6 is 0 Å². The first-order valence-corrected chi connectivity index (χ1v) is 7.67. The summed E-state index contributed by atoms with van der Waals surface area (Å²) in [6.45, 7) is 0.615. The van der Waals surface area contributed by atoms with Gasteiger partial charge in [0.15, 0.2) is 0 Å². The molecular formula is C18H16N4O3. The van der Waals surface area contributed by atoms with E-state index in [4.69, 9.17) is 4.42 Å². The number of nitrogens with one attached hydrogen (secondary N) is 2. The van der Waals surface area contributed by atoms with E-state index < -0.39 is 0 Å². The van der Waals surface area contributed by atoms with E-state index in [2.05, 4.69) is 20.6 Å². The molecule has 7 nitrogen and oxygen atoms in total. The number of hydrogen-bond donors (Lipinski definition) is 2. The van der Waals surface area contributed by atoms with Crippen molar-refractivity contribution in [2.45, 2.75) is 13.1 Å². The monoisotopic (exact) mass is 336 g/mol. The Labute approximate surface area is 144 Å². The molecule has 126 valence electrons. The van der Waals surface area contributed by atoms with Crippen molar-refractivity contribution in [3.8, 4) is 0 Å². The van der Waals surface area contributed by atoms with Crippen molar-refractivity contribution in [1.82, 2.24) is 20.6 Å². The van der Waals surface area contributed by atoms with Crippen LogP contribution in [-0.2, 0) is 13.1 Å². The molecule has 0 atom stereocenters. The van der Waals surface area contributed by atoms with Crippen molar-refractivity contribution in [1.29, 1.82) is 0 Å². The zero-order valence-corrected chi connectivity index (χ0v) is 13.3. The standard InChI is InChI=1S/C18H16N4O3/c23-17(20-11-13-6-8-19-9-7-13)15-4-1-5-16(22-15)18(24)21-12-14-3-2-10-25-14/h1-10H,11-12H2,(H,20,23)(H,21,24). The van der Waals surface area contributed by atoms with E-state index in [0.717, 1.165) is 5.56 Å². The predicted molar refractivity (Wildman–Crippen MR) is 89.5 cm³/mol. The van der Waals surface area contributed by atoms with Crippen LogP contribution in [0.3, 0.4) is 0 Å². The van der Waals surface area contributed by atoms with Crippen LogP contribution in [-0.4, -0.2) is 21.8 Å². The Hall–Kier alpha value is -3.48. The van der Waals surface area contributed by atoms with Gasteiger partial charge in [-0.15, -0.1) is 0 Å². The molecule has 0 spiro atoms. The molecule has 25 heavy (non-hydrogen) atoms. The summed E-state index contributed by atoms with van der Waals surface area (Å²) in [7, 11) is 0. The van der Waals surface area contributed by atoms with Gasteiger partial charge in [-0.3, -0.25) is 14.6 Å². The van der Waals surface area contributed by atoms with Crippen molar-refractivity contribution in [2.75, 3.05) is 0 Å². The lowest BCUT2D eigenvalue weighted by Gasteiger charge is -2.07. The Morgan fingerprint density at radius 3 is 2.20 bits per heavy atom. The number of carbonyl (C=O) groups is 2. The van der Waals surface area contributed by atoms with Crippen LogP contribution in [0.2, 0.25) is 0 Å². The van der Waals surface area contributed by atoms with Crippen LogP contribution in [0.4, 0.5) is 0 Å². The molecule has 0 radical (unpaired) electrons. The molecule has 0 aromatic carbocycles. The summed E-state index contributed by atoms with van der Waals surface area (Å²) >= 11 is 0. The highest BCUT2D eigenvalue weighted by Gasteiger charge is 2.12. The molecule has 0 bridgehead atoms. The second-order valence-electron chi connectivity index (χ2n) is 5.21. The molecule has 3 rings (SSSR count). The zero-order valence-electron chi connectivity index (χ0n) is 13.3. The average Bonchev–Trinajstić information content (AvgIpc) is 3.18. The molecule has 3 aromatic heterocycles. The summed E-state index contributed by atoms with van der Waals surface area (Å²) in [6.07, 6.45) is 4.85. The van der Waals surface area contributed by atoms with Gasteiger partial charge in [0.2, 0.25) is 0 Å². The van der Waals surface area contributed by atoms with E-state index in [9.17, 15) is 9.59 Å². The van der Waals surface area contributed by atoms with Crippen LogP contribution in [0.5, 0.6) is 0 Å². The summed E-state index contributed by atoms with van der Waals surface area (Å²) in [5.41, 5.74) is 1.28. The summed E-state index contributed by atoms with van der Waals surface area (Å²) in [6, 6.07) is 11.9. The lowest BCUT2D eigenvalue weighted by atomic mass is 10.2. The highest BCUT2D eigenvalue weighted by atomic mass is 16.3. The minimum atomic E-state index is -0.375. The molecule has 0 unspecified atom stereocenters. The molecule has 0 aliphatic rings. The Morgan fingerprint density at radius 1 is 0.880 bits per heavy atom.